The predicted octanol–water partition coefficient (Wildman–Crippen LogP) is 1.81. The molecule has 27 heavy (non-hydrogen) atoms. The average molecular weight is 371 g/mol. The lowest BCUT2D eigenvalue weighted by Gasteiger charge is -2.31. The zero-order chi connectivity index (χ0) is 19.2. The molecule has 2 aromatic heterocycles. The first-order valence-corrected chi connectivity index (χ1v) is 9.50. The van der Waals surface area contributed by atoms with Crippen LogP contribution >= 0.6 is 0 Å². The number of aromatic nitrogens is 3. The molecule has 1 amide bonds. The fraction of sp³-hybridized carbons (Fsp3) is 0.550. The van der Waals surface area contributed by atoms with Crippen LogP contribution < -0.4 is 5.32 Å². The Morgan fingerprint density at radius 3 is 2.67 bits per heavy atom. The number of hydrogen-bond acceptors (Lipinski definition) is 5. The van der Waals surface area contributed by atoms with Crippen molar-refractivity contribution in [1.29, 1.82) is 0 Å². The molecule has 0 bridgehead atoms. The van der Waals surface area contributed by atoms with E-state index in [1.165, 1.54) is 0 Å². The molecule has 7 heteroatoms. The van der Waals surface area contributed by atoms with Crippen LogP contribution in [0.25, 0.3) is 11.1 Å². The van der Waals surface area contributed by atoms with Crippen molar-refractivity contribution < 1.29 is 9.53 Å². The Kier molecular flexibility index (Phi) is 6.58. The van der Waals surface area contributed by atoms with Gasteiger partial charge in [0.25, 0.3) is 0 Å². The van der Waals surface area contributed by atoms with E-state index in [9.17, 15) is 4.79 Å². The van der Waals surface area contributed by atoms with Crippen molar-refractivity contribution in [3.63, 3.8) is 0 Å². The third-order valence-electron chi connectivity index (χ3n) is 5.02. The number of nitrogens with one attached hydrogen (secondary N) is 1. The number of likely N-dealkylation sites (tertiary alicyclic amines) is 1. The van der Waals surface area contributed by atoms with Gasteiger partial charge in [0.1, 0.15) is 0 Å². The van der Waals surface area contributed by atoms with Crippen LogP contribution in [0.5, 0.6) is 0 Å². The van der Waals surface area contributed by atoms with Crippen LogP contribution in [0.15, 0.2) is 30.7 Å². The van der Waals surface area contributed by atoms with Crippen LogP contribution in [-0.2, 0) is 16.6 Å². The van der Waals surface area contributed by atoms with Gasteiger partial charge in [0.2, 0.25) is 5.91 Å². The highest BCUT2D eigenvalue weighted by molar-refractivity contribution is 5.78. The van der Waals surface area contributed by atoms with E-state index in [4.69, 9.17) is 4.74 Å². The molecule has 0 unspecified atom stereocenters. The Morgan fingerprint density at radius 2 is 2.07 bits per heavy atom. The molecule has 1 aliphatic heterocycles. The van der Waals surface area contributed by atoms with Crippen molar-refractivity contribution in [2.24, 2.45) is 7.05 Å². The summed E-state index contributed by atoms with van der Waals surface area (Å²) in [6, 6.07) is 4.29. The molecule has 1 aliphatic rings. The van der Waals surface area contributed by atoms with E-state index >= 15 is 0 Å². The summed E-state index contributed by atoms with van der Waals surface area (Å²) in [6.07, 6.45) is 7.84. The summed E-state index contributed by atoms with van der Waals surface area (Å²) in [4.78, 5) is 19.0. The van der Waals surface area contributed by atoms with E-state index in [1.54, 1.807) is 11.8 Å². The van der Waals surface area contributed by atoms with Crippen LogP contribution in [0.3, 0.4) is 0 Å². The molecule has 0 radical (unpaired) electrons. The highest BCUT2D eigenvalue weighted by Gasteiger charge is 2.23. The van der Waals surface area contributed by atoms with E-state index in [-0.39, 0.29) is 11.9 Å². The number of ether oxygens (including phenoxy) is 1. The standard InChI is InChI=1S/C20H29N5O2/c1-15(14-27-3)23-20(26)13-25-8-6-16(7-9-25)19-5-4-17(10-21-19)18-11-22-24(2)12-18/h4-5,10-12,15-16H,6-9,13-14H2,1-3H3,(H,23,26)/t15-/m1/s1. The van der Waals surface area contributed by atoms with E-state index in [2.05, 4.69) is 32.4 Å². The van der Waals surface area contributed by atoms with Gasteiger partial charge in [0, 0.05) is 55.3 Å². The third-order valence-corrected chi connectivity index (χ3v) is 5.02. The molecule has 0 aliphatic carbocycles. The highest BCUT2D eigenvalue weighted by atomic mass is 16.5. The van der Waals surface area contributed by atoms with Crippen molar-refractivity contribution in [2.45, 2.75) is 31.7 Å². The minimum atomic E-state index is 0.0440. The lowest BCUT2D eigenvalue weighted by atomic mass is 9.92. The van der Waals surface area contributed by atoms with Crippen LogP contribution in [0.4, 0.5) is 0 Å². The van der Waals surface area contributed by atoms with E-state index in [1.807, 2.05) is 32.6 Å². The van der Waals surface area contributed by atoms with Gasteiger partial charge in [-0.25, -0.2) is 0 Å². The first-order chi connectivity index (χ1) is 13.0. The van der Waals surface area contributed by atoms with Crippen molar-refractivity contribution in [3.8, 4) is 11.1 Å². The van der Waals surface area contributed by atoms with Gasteiger partial charge in [-0.2, -0.15) is 5.10 Å². The lowest BCUT2D eigenvalue weighted by molar-refractivity contribution is -0.123. The van der Waals surface area contributed by atoms with Gasteiger partial charge >= 0.3 is 0 Å². The van der Waals surface area contributed by atoms with Crippen LogP contribution in [-0.4, -0.2) is 65.0 Å². The molecule has 3 heterocycles. The number of amides is 1. The Hall–Kier alpha value is -2.25. The molecule has 0 aromatic carbocycles. The van der Waals surface area contributed by atoms with Crippen molar-refractivity contribution >= 4 is 5.91 Å². The minimum absolute atomic E-state index is 0.0440. The van der Waals surface area contributed by atoms with E-state index < -0.39 is 0 Å². The number of pyridine rings is 1. The average Bonchev–Trinajstić information content (AvgIpc) is 3.09. The maximum absolute atomic E-state index is 12.1. The van der Waals surface area contributed by atoms with Gasteiger partial charge < -0.3 is 10.1 Å². The number of carbonyl (C=O) groups is 1. The van der Waals surface area contributed by atoms with Gasteiger partial charge in [-0.1, -0.05) is 6.07 Å². The Balaban J connectivity index is 1.48. The number of aryl methyl sites for hydroxylation is 1. The molecule has 0 spiro atoms. The Labute approximate surface area is 160 Å². The number of methoxy groups -OCH3 is 1. The SMILES string of the molecule is COC[C@@H](C)NC(=O)CN1CCC(c2ccc(-c3cnn(C)c3)cn2)CC1. The molecular weight excluding hydrogens is 342 g/mol. The summed E-state index contributed by atoms with van der Waals surface area (Å²) in [5.74, 6) is 0.525. The Morgan fingerprint density at radius 1 is 1.30 bits per heavy atom. The van der Waals surface area contributed by atoms with E-state index in [0.717, 1.165) is 42.8 Å². The molecule has 2 aromatic rings. The van der Waals surface area contributed by atoms with Crippen LogP contribution in [0.1, 0.15) is 31.4 Å². The number of nitrogens with zero attached hydrogens (tertiary/aromatic N) is 4. The number of carbonyl (C=O) groups excluding carboxylic acids is 1. The van der Waals surface area contributed by atoms with Gasteiger partial charge in [0.15, 0.2) is 0 Å². The molecule has 146 valence electrons. The van der Waals surface area contributed by atoms with E-state index in [0.29, 0.717) is 19.1 Å². The largest absolute Gasteiger partial charge is 0.383 e. The molecule has 3 rings (SSSR count). The monoisotopic (exact) mass is 371 g/mol. The van der Waals surface area contributed by atoms with Crippen LogP contribution in [0.2, 0.25) is 0 Å². The molecule has 1 saturated heterocycles. The van der Waals surface area contributed by atoms with Gasteiger partial charge in [0.05, 0.1) is 19.3 Å². The molecule has 0 saturated carbocycles. The second-order valence-corrected chi connectivity index (χ2v) is 7.35. The zero-order valence-electron chi connectivity index (χ0n) is 16.4. The maximum Gasteiger partial charge on any atom is 0.234 e. The summed E-state index contributed by atoms with van der Waals surface area (Å²) in [5.41, 5.74) is 3.31. The van der Waals surface area contributed by atoms with Gasteiger partial charge in [-0.3, -0.25) is 19.4 Å². The fourth-order valence-electron chi connectivity index (χ4n) is 3.59. The first kappa shape index (κ1) is 19.5. The van der Waals surface area contributed by atoms with Crippen molar-refractivity contribution in [1.82, 2.24) is 25.0 Å². The number of rotatable bonds is 7. The molecule has 7 nitrogen and oxygen atoms in total. The molecule has 1 atom stereocenters. The molecule has 1 fully saturated rings. The second kappa shape index (κ2) is 9.10. The summed E-state index contributed by atoms with van der Waals surface area (Å²) in [5, 5.41) is 7.18. The smallest absolute Gasteiger partial charge is 0.234 e. The topological polar surface area (TPSA) is 72.3 Å². The van der Waals surface area contributed by atoms with Gasteiger partial charge in [-0.05, 0) is 38.9 Å². The minimum Gasteiger partial charge on any atom is -0.383 e. The molecular formula is C20H29N5O2. The third kappa shape index (κ3) is 5.37. The summed E-state index contributed by atoms with van der Waals surface area (Å²) in [7, 11) is 3.56. The first-order valence-electron chi connectivity index (χ1n) is 9.50. The fourth-order valence-corrected chi connectivity index (χ4v) is 3.59. The summed E-state index contributed by atoms with van der Waals surface area (Å²) in [6.45, 7) is 4.78. The highest BCUT2D eigenvalue weighted by Crippen LogP contribution is 2.28. The predicted molar refractivity (Wildman–Crippen MR) is 104 cm³/mol. The number of piperidine rings is 1. The second-order valence-electron chi connectivity index (χ2n) is 7.35. The lowest BCUT2D eigenvalue weighted by Crippen LogP contribution is -2.44. The number of hydrogen-bond donors (Lipinski definition) is 1. The Bertz CT molecular complexity index is 735. The van der Waals surface area contributed by atoms with Gasteiger partial charge in [-0.15, -0.1) is 0 Å². The zero-order valence-corrected chi connectivity index (χ0v) is 16.4. The summed E-state index contributed by atoms with van der Waals surface area (Å²) < 4.78 is 6.85. The maximum atomic E-state index is 12.1. The van der Waals surface area contributed by atoms with Crippen molar-refractivity contribution in [2.75, 3.05) is 33.4 Å². The van der Waals surface area contributed by atoms with Crippen molar-refractivity contribution in [3.05, 3.63) is 36.4 Å². The van der Waals surface area contributed by atoms with Crippen LogP contribution in [0, 0.1) is 0 Å². The molecule has 1 N–H and O–H groups in total. The quantitative estimate of drug-likeness (QED) is 0.804. The summed E-state index contributed by atoms with van der Waals surface area (Å²) >= 11 is 0. The normalized spacial score (nSPS) is 17.0.